The van der Waals surface area contributed by atoms with Gasteiger partial charge in [0.15, 0.2) is 0 Å². The van der Waals surface area contributed by atoms with E-state index >= 15 is 0 Å². The van der Waals surface area contributed by atoms with E-state index in [1.807, 2.05) is 38.1 Å². The van der Waals surface area contributed by atoms with Crippen LogP contribution in [0, 0.1) is 0 Å². The molecule has 1 heterocycles. The summed E-state index contributed by atoms with van der Waals surface area (Å²) in [7, 11) is -2.12. The molecular formula is C28H26Cl2F2N2O3S. The minimum Gasteiger partial charge on any atom is -0.365 e. The summed E-state index contributed by atoms with van der Waals surface area (Å²) in [4.78, 5) is 29.6. The summed E-state index contributed by atoms with van der Waals surface area (Å²) < 4.78 is 41.9. The van der Waals surface area contributed by atoms with Crippen molar-refractivity contribution in [1.29, 1.82) is 0 Å². The van der Waals surface area contributed by atoms with Crippen LogP contribution in [0.15, 0.2) is 77.7 Å². The van der Waals surface area contributed by atoms with Crippen molar-refractivity contribution in [2.75, 3.05) is 23.7 Å². The first-order valence-corrected chi connectivity index (χ1v) is 14.1. The SMILES string of the molecule is CC1[C@H](C)N(C(=O)c2ccc(S(=O)CC(=O)C(F)(F)c3ccccc3)c(Cl)c2)CCN1c1cccc(Cl)c1. The van der Waals surface area contributed by atoms with Gasteiger partial charge in [0.05, 0.1) is 26.5 Å². The molecule has 0 aromatic heterocycles. The van der Waals surface area contributed by atoms with Gasteiger partial charge in [0.1, 0.15) is 0 Å². The second-order valence-electron chi connectivity index (χ2n) is 9.15. The molecule has 0 saturated carbocycles. The van der Waals surface area contributed by atoms with Gasteiger partial charge in [-0.2, -0.15) is 8.78 Å². The molecule has 1 saturated heterocycles. The zero-order chi connectivity index (χ0) is 27.6. The average Bonchev–Trinajstić information content (AvgIpc) is 2.90. The average molecular weight is 579 g/mol. The van der Waals surface area contributed by atoms with Crippen molar-refractivity contribution in [3.8, 4) is 0 Å². The lowest BCUT2D eigenvalue weighted by Crippen LogP contribution is -2.59. The van der Waals surface area contributed by atoms with Gasteiger partial charge < -0.3 is 9.80 Å². The molecular weight excluding hydrogens is 553 g/mol. The highest BCUT2D eigenvalue weighted by atomic mass is 35.5. The van der Waals surface area contributed by atoms with Gasteiger partial charge in [-0.05, 0) is 50.2 Å². The van der Waals surface area contributed by atoms with Gasteiger partial charge in [-0.25, -0.2) is 0 Å². The topological polar surface area (TPSA) is 57.7 Å². The molecule has 1 fully saturated rings. The third-order valence-electron chi connectivity index (χ3n) is 6.84. The predicted molar refractivity (Wildman–Crippen MR) is 147 cm³/mol. The van der Waals surface area contributed by atoms with Crippen LogP contribution in [-0.4, -0.2) is 51.7 Å². The Morgan fingerprint density at radius 1 is 0.947 bits per heavy atom. The molecule has 0 spiro atoms. The fourth-order valence-corrected chi connectivity index (χ4v) is 6.22. The van der Waals surface area contributed by atoms with E-state index in [4.69, 9.17) is 23.2 Å². The summed E-state index contributed by atoms with van der Waals surface area (Å²) >= 11 is 12.5. The molecule has 5 nitrogen and oxygen atoms in total. The van der Waals surface area contributed by atoms with Crippen molar-refractivity contribution in [2.45, 2.75) is 36.7 Å². The maximum Gasteiger partial charge on any atom is 0.331 e. The molecule has 200 valence electrons. The van der Waals surface area contributed by atoms with Crippen molar-refractivity contribution in [2.24, 2.45) is 0 Å². The highest BCUT2D eigenvalue weighted by Crippen LogP contribution is 2.31. The molecule has 38 heavy (non-hydrogen) atoms. The predicted octanol–water partition coefficient (Wildman–Crippen LogP) is 6.20. The number of amides is 1. The van der Waals surface area contributed by atoms with Crippen LogP contribution in [0.1, 0.15) is 29.8 Å². The second kappa shape index (κ2) is 11.5. The fourth-order valence-electron chi connectivity index (χ4n) is 4.53. The zero-order valence-corrected chi connectivity index (χ0v) is 23.1. The Hall–Kier alpha value is -2.81. The third kappa shape index (κ3) is 5.77. The number of hydrogen-bond acceptors (Lipinski definition) is 4. The van der Waals surface area contributed by atoms with Crippen LogP contribution < -0.4 is 4.90 Å². The normalized spacial score (nSPS) is 18.8. The third-order valence-corrected chi connectivity index (χ3v) is 8.87. The molecule has 10 heteroatoms. The molecule has 1 aliphatic heterocycles. The minimum absolute atomic E-state index is 0.00529. The number of alkyl halides is 2. The molecule has 1 aliphatic rings. The number of halogens is 4. The van der Waals surface area contributed by atoms with Crippen LogP contribution in [0.4, 0.5) is 14.5 Å². The summed E-state index contributed by atoms with van der Waals surface area (Å²) in [6.45, 7) is 5.06. The Balaban J connectivity index is 1.45. The van der Waals surface area contributed by atoms with Gasteiger partial charge in [0.2, 0.25) is 5.78 Å². The standard InChI is InChI=1S/C28H26Cl2F2N2O3S/c1-18-19(2)34(14-13-33(18)23-10-6-9-22(29)16-23)27(36)20-11-12-25(24(30)15-20)38(37)17-26(35)28(31,32)21-7-4-3-5-8-21/h3-12,15-16,18-19H,13-14,17H2,1-2H3/t18?,19-,38?/m0/s1. The van der Waals surface area contributed by atoms with E-state index in [1.54, 1.807) is 11.0 Å². The Morgan fingerprint density at radius 3 is 2.32 bits per heavy atom. The zero-order valence-electron chi connectivity index (χ0n) is 20.7. The summed E-state index contributed by atoms with van der Waals surface area (Å²) in [5.74, 6) is -6.41. The molecule has 2 unspecified atom stereocenters. The molecule has 0 aliphatic carbocycles. The highest BCUT2D eigenvalue weighted by molar-refractivity contribution is 7.86. The lowest BCUT2D eigenvalue weighted by molar-refractivity contribution is -0.141. The van der Waals surface area contributed by atoms with Gasteiger partial charge in [-0.15, -0.1) is 0 Å². The van der Waals surface area contributed by atoms with Crippen LogP contribution in [-0.2, 0) is 21.5 Å². The van der Waals surface area contributed by atoms with E-state index in [-0.39, 0.29) is 33.5 Å². The molecule has 0 radical (unpaired) electrons. The number of Topliss-reactive ketones (excluding diaryl/α,β-unsaturated/α-hetero) is 1. The first-order chi connectivity index (χ1) is 18.0. The van der Waals surface area contributed by atoms with Crippen molar-refractivity contribution in [1.82, 2.24) is 4.90 Å². The maximum atomic E-state index is 14.5. The number of nitrogens with zero attached hydrogens (tertiary/aromatic N) is 2. The number of ketones is 1. The largest absolute Gasteiger partial charge is 0.365 e. The van der Waals surface area contributed by atoms with E-state index in [0.717, 1.165) is 17.8 Å². The molecule has 3 aromatic rings. The number of carbonyl (C=O) groups excluding carboxylic acids is 2. The first-order valence-electron chi connectivity index (χ1n) is 12.0. The lowest BCUT2D eigenvalue weighted by Gasteiger charge is -2.46. The van der Waals surface area contributed by atoms with Gasteiger partial charge in [0.25, 0.3) is 5.91 Å². The molecule has 0 N–H and O–H groups in total. The Morgan fingerprint density at radius 2 is 1.66 bits per heavy atom. The lowest BCUT2D eigenvalue weighted by atomic mass is 10.0. The van der Waals surface area contributed by atoms with E-state index in [0.29, 0.717) is 18.1 Å². The molecule has 1 amide bonds. The van der Waals surface area contributed by atoms with E-state index < -0.39 is 33.8 Å². The number of carbonyl (C=O) groups is 2. The second-order valence-corrected chi connectivity index (χ2v) is 11.4. The van der Waals surface area contributed by atoms with Crippen LogP contribution >= 0.6 is 23.2 Å². The highest BCUT2D eigenvalue weighted by Gasteiger charge is 2.41. The van der Waals surface area contributed by atoms with Crippen LogP contribution in [0.2, 0.25) is 10.0 Å². The summed E-state index contributed by atoms with van der Waals surface area (Å²) in [6, 6.07) is 18.3. The first kappa shape index (κ1) is 28.2. The van der Waals surface area contributed by atoms with Gasteiger partial charge in [-0.3, -0.25) is 13.8 Å². The van der Waals surface area contributed by atoms with Gasteiger partial charge >= 0.3 is 5.92 Å². The van der Waals surface area contributed by atoms with Gasteiger partial charge in [-0.1, -0.05) is 59.6 Å². The van der Waals surface area contributed by atoms with Crippen LogP contribution in [0.25, 0.3) is 0 Å². The maximum absolute atomic E-state index is 14.5. The van der Waals surface area contributed by atoms with E-state index in [9.17, 15) is 22.6 Å². The Labute approximate surface area is 232 Å². The number of hydrogen-bond donors (Lipinski definition) is 0. The minimum atomic E-state index is -3.78. The Kier molecular flexibility index (Phi) is 8.55. The number of piperazine rings is 1. The van der Waals surface area contributed by atoms with Crippen LogP contribution in [0.5, 0.6) is 0 Å². The van der Waals surface area contributed by atoms with Gasteiger partial charge in [0, 0.05) is 47.0 Å². The van der Waals surface area contributed by atoms with Crippen molar-refractivity contribution < 1.29 is 22.6 Å². The molecule has 0 bridgehead atoms. The van der Waals surface area contributed by atoms with Crippen LogP contribution in [0.3, 0.4) is 0 Å². The van der Waals surface area contributed by atoms with Crippen molar-refractivity contribution in [3.05, 3.63) is 94.0 Å². The molecule has 3 atom stereocenters. The van der Waals surface area contributed by atoms with Crippen molar-refractivity contribution in [3.63, 3.8) is 0 Å². The monoisotopic (exact) mass is 578 g/mol. The number of benzene rings is 3. The van der Waals surface area contributed by atoms with Crippen molar-refractivity contribution >= 4 is 51.4 Å². The van der Waals surface area contributed by atoms with E-state index in [2.05, 4.69) is 4.90 Å². The fraction of sp³-hybridized carbons (Fsp3) is 0.286. The summed E-state index contributed by atoms with van der Waals surface area (Å²) in [5.41, 5.74) is 0.797. The molecule has 4 rings (SSSR count). The number of rotatable bonds is 7. The number of anilines is 1. The summed E-state index contributed by atoms with van der Waals surface area (Å²) in [6.07, 6.45) is 0. The quantitative estimate of drug-likeness (QED) is 0.335. The van der Waals surface area contributed by atoms with E-state index in [1.165, 1.54) is 30.3 Å². The summed E-state index contributed by atoms with van der Waals surface area (Å²) in [5, 5.41) is 0.613. The molecule has 3 aromatic carbocycles. The Bertz CT molecular complexity index is 1370. The smallest absolute Gasteiger partial charge is 0.331 e.